The third-order valence-electron chi connectivity index (χ3n) is 4.92. The van der Waals surface area contributed by atoms with E-state index >= 15 is 0 Å². The first-order chi connectivity index (χ1) is 14.8. The highest BCUT2D eigenvalue weighted by Crippen LogP contribution is 2.34. The van der Waals surface area contributed by atoms with Gasteiger partial charge in [-0.15, -0.1) is 0 Å². The fourth-order valence-corrected chi connectivity index (χ4v) is 4.00. The molecule has 4 rings (SSSR count). The molecular weight excluding hydrogens is 437 g/mol. The number of aromatic nitrogens is 2. The number of aliphatic carboxylic acids is 1. The second kappa shape index (κ2) is 8.41. The number of hydrogen-bond acceptors (Lipinski definition) is 4. The Kier molecular flexibility index (Phi) is 5.67. The van der Waals surface area contributed by atoms with Gasteiger partial charge in [-0.3, -0.25) is 9.59 Å². The van der Waals surface area contributed by atoms with Gasteiger partial charge in [0.2, 0.25) is 0 Å². The Morgan fingerprint density at radius 1 is 1.10 bits per heavy atom. The van der Waals surface area contributed by atoms with Crippen molar-refractivity contribution in [3.05, 3.63) is 86.8 Å². The van der Waals surface area contributed by atoms with E-state index in [1.54, 1.807) is 67.8 Å². The Bertz CT molecular complexity index is 1350. The summed E-state index contributed by atoms with van der Waals surface area (Å²) in [4.78, 5) is 28.3. The summed E-state index contributed by atoms with van der Waals surface area (Å²) in [5.41, 5.74) is 2.83. The van der Waals surface area contributed by atoms with Gasteiger partial charge in [-0.1, -0.05) is 41.4 Å². The van der Waals surface area contributed by atoms with E-state index in [1.807, 2.05) is 0 Å². The molecule has 0 amide bonds. The van der Waals surface area contributed by atoms with Crippen LogP contribution in [0.2, 0.25) is 10.0 Å². The lowest BCUT2D eigenvalue weighted by Gasteiger charge is -2.13. The smallest absolute Gasteiger partial charge is 0.307 e. The number of fused-ring (bicyclic) bond motifs is 1. The maximum Gasteiger partial charge on any atom is 0.307 e. The molecule has 6 nitrogen and oxygen atoms in total. The highest BCUT2D eigenvalue weighted by atomic mass is 35.5. The Morgan fingerprint density at radius 3 is 2.42 bits per heavy atom. The molecule has 0 aliphatic heterocycles. The van der Waals surface area contributed by atoms with Gasteiger partial charge in [0.1, 0.15) is 5.82 Å². The average Bonchev–Trinajstić information content (AvgIpc) is 2.73. The van der Waals surface area contributed by atoms with Crippen molar-refractivity contribution in [3.8, 4) is 11.1 Å². The summed E-state index contributed by atoms with van der Waals surface area (Å²) in [5, 5.41) is 13.6. The molecule has 0 unspecified atom stereocenters. The third-order valence-corrected chi connectivity index (χ3v) is 5.55. The predicted octanol–water partition coefficient (Wildman–Crippen LogP) is 5.28. The number of pyridine rings is 2. The number of hydrogen-bond donors (Lipinski definition) is 2. The highest BCUT2D eigenvalue weighted by molar-refractivity contribution is 6.39. The van der Waals surface area contributed by atoms with E-state index in [9.17, 15) is 9.59 Å². The minimum Gasteiger partial charge on any atom is -0.481 e. The molecule has 0 fully saturated rings. The van der Waals surface area contributed by atoms with Crippen LogP contribution in [0.15, 0.2) is 65.6 Å². The van der Waals surface area contributed by atoms with E-state index in [0.717, 1.165) is 11.1 Å². The molecule has 0 radical (unpaired) electrons. The van der Waals surface area contributed by atoms with Gasteiger partial charge in [0.15, 0.2) is 0 Å². The summed E-state index contributed by atoms with van der Waals surface area (Å²) in [5.74, 6) is -0.327. The first-order valence-electron chi connectivity index (χ1n) is 9.35. The Balaban J connectivity index is 1.71. The monoisotopic (exact) mass is 453 g/mol. The van der Waals surface area contributed by atoms with E-state index in [0.29, 0.717) is 38.1 Å². The Morgan fingerprint density at radius 2 is 1.77 bits per heavy atom. The zero-order valence-electron chi connectivity index (χ0n) is 16.4. The van der Waals surface area contributed by atoms with Gasteiger partial charge in [-0.25, -0.2) is 4.98 Å². The molecule has 31 heavy (non-hydrogen) atoms. The normalized spacial score (nSPS) is 10.9. The van der Waals surface area contributed by atoms with Gasteiger partial charge in [0, 0.05) is 35.9 Å². The van der Waals surface area contributed by atoms with E-state index < -0.39 is 5.97 Å². The minimum absolute atomic E-state index is 0.0333. The molecule has 4 aromatic rings. The molecule has 2 N–H and O–H groups in total. The summed E-state index contributed by atoms with van der Waals surface area (Å²) in [6, 6.07) is 15.7. The van der Waals surface area contributed by atoms with Gasteiger partial charge in [-0.2, -0.15) is 0 Å². The number of nitrogens with zero attached hydrogens (tertiary/aromatic N) is 2. The predicted molar refractivity (Wildman–Crippen MR) is 124 cm³/mol. The lowest BCUT2D eigenvalue weighted by molar-refractivity contribution is -0.136. The molecule has 0 aliphatic carbocycles. The molecule has 0 aliphatic rings. The average molecular weight is 454 g/mol. The lowest BCUT2D eigenvalue weighted by Crippen LogP contribution is -2.19. The Hall–Kier alpha value is -3.35. The number of halogens is 2. The van der Waals surface area contributed by atoms with Gasteiger partial charge in [0.05, 0.1) is 27.5 Å². The standard InChI is InChI=1S/C23H17Cl2N3O3/c1-28-19-11-20(27-15-7-5-13(6-8-15)9-21(29)30)26-12-14(19)10-16(23(28)31)22-17(24)3-2-4-18(22)25/h2-8,10-12H,9H2,1H3,(H,26,27)(H,29,30). The van der Waals surface area contributed by atoms with Crippen LogP contribution in [0, 0.1) is 0 Å². The fourth-order valence-electron chi connectivity index (χ4n) is 3.40. The highest BCUT2D eigenvalue weighted by Gasteiger charge is 2.15. The maximum atomic E-state index is 13.0. The van der Waals surface area contributed by atoms with E-state index in [1.165, 1.54) is 4.57 Å². The number of carbonyl (C=O) groups is 1. The van der Waals surface area contributed by atoms with Gasteiger partial charge in [-0.05, 0) is 35.9 Å². The second-order valence-electron chi connectivity index (χ2n) is 7.04. The molecule has 156 valence electrons. The molecule has 8 heteroatoms. The largest absolute Gasteiger partial charge is 0.481 e. The molecule has 0 spiro atoms. The van der Waals surface area contributed by atoms with Crippen molar-refractivity contribution < 1.29 is 9.90 Å². The van der Waals surface area contributed by atoms with Crippen LogP contribution in [0.3, 0.4) is 0 Å². The van der Waals surface area contributed by atoms with Crippen molar-refractivity contribution in [2.24, 2.45) is 7.05 Å². The minimum atomic E-state index is -0.879. The molecule has 0 bridgehead atoms. The molecule has 0 saturated heterocycles. The third kappa shape index (κ3) is 4.26. The van der Waals surface area contributed by atoms with E-state index in [4.69, 9.17) is 28.3 Å². The van der Waals surface area contributed by atoms with Crippen LogP contribution in [0.5, 0.6) is 0 Å². The van der Waals surface area contributed by atoms with Gasteiger partial charge >= 0.3 is 5.97 Å². The van der Waals surface area contributed by atoms with E-state index in [-0.39, 0.29) is 12.0 Å². The van der Waals surface area contributed by atoms with Crippen LogP contribution in [-0.2, 0) is 18.3 Å². The number of aryl methyl sites for hydroxylation is 1. The van der Waals surface area contributed by atoms with Crippen LogP contribution >= 0.6 is 23.2 Å². The molecular formula is C23H17Cl2N3O3. The first kappa shape index (κ1) is 20.9. The molecule has 0 saturated carbocycles. The number of rotatable bonds is 5. The Labute approximate surface area is 187 Å². The van der Waals surface area contributed by atoms with Gasteiger partial charge < -0.3 is 15.0 Å². The van der Waals surface area contributed by atoms with Crippen molar-refractivity contribution in [2.45, 2.75) is 6.42 Å². The van der Waals surface area contributed by atoms with Crippen LogP contribution < -0.4 is 10.9 Å². The number of carboxylic acids is 1. The summed E-state index contributed by atoms with van der Waals surface area (Å²) in [7, 11) is 1.68. The fraction of sp³-hybridized carbons (Fsp3) is 0.0870. The summed E-state index contributed by atoms with van der Waals surface area (Å²) in [6.45, 7) is 0. The lowest BCUT2D eigenvalue weighted by atomic mass is 10.1. The van der Waals surface area contributed by atoms with Crippen molar-refractivity contribution in [1.82, 2.24) is 9.55 Å². The van der Waals surface area contributed by atoms with Crippen molar-refractivity contribution in [1.29, 1.82) is 0 Å². The second-order valence-corrected chi connectivity index (χ2v) is 7.85. The molecule has 2 aromatic carbocycles. The van der Waals surface area contributed by atoms with Crippen molar-refractivity contribution in [2.75, 3.05) is 5.32 Å². The molecule has 0 atom stereocenters. The zero-order valence-corrected chi connectivity index (χ0v) is 17.9. The topological polar surface area (TPSA) is 84.2 Å². The number of nitrogens with one attached hydrogen (secondary N) is 1. The number of carboxylic acid groups (broad SMARTS) is 1. The van der Waals surface area contributed by atoms with Crippen LogP contribution in [0.25, 0.3) is 22.0 Å². The summed E-state index contributed by atoms with van der Waals surface area (Å²) < 4.78 is 1.53. The SMILES string of the molecule is Cn1c(=O)c(-c2c(Cl)cccc2Cl)cc2cnc(Nc3ccc(CC(=O)O)cc3)cc21. The van der Waals surface area contributed by atoms with Crippen molar-refractivity contribution in [3.63, 3.8) is 0 Å². The van der Waals surface area contributed by atoms with Gasteiger partial charge in [0.25, 0.3) is 5.56 Å². The molecule has 2 aromatic heterocycles. The van der Waals surface area contributed by atoms with Crippen LogP contribution in [0.4, 0.5) is 11.5 Å². The summed E-state index contributed by atoms with van der Waals surface area (Å²) >= 11 is 12.6. The maximum absolute atomic E-state index is 13.0. The van der Waals surface area contributed by atoms with Crippen molar-refractivity contribution >= 4 is 51.6 Å². The number of benzene rings is 2. The summed E-state index contributed by atoms with van der Waals surface area (Å²) in [6.07, 6.45) is 1.64. The van der Waals surface area contributed by atoms with Crippen LogP contribution in [-0.4, -0.2) is 20.6 Å². The molecule has 2 heterocycles. The zero-order chi connectivity index (χ0) is 22.1. The van der Waals surface area contributed by atoms with E-state index in [2.05, 4.69) is 10.3 Å². The quantitative estimate of drug-likeness (QED) is 0.429. The van der Waals surface area contributed by atoms with Crippen LogP contribution in [0.1, 0.15) is 5.56 Å². The number of anilines is 2. The first-order valence-corrected chi connectivity index (χ1v) is 10.1.